The lowest BCUT2D eigenvalue weighted by molar-refractivity contribution is -0.137. The van der Waals surface area contributed by atoms with Gasteiger partial charge in [-0.3, -0.25) is 29.1 Å². The summed E-state index contributed by atoms with van der Waals surface area (Å²) in [7, 11) is 0. The highest BCUT2D eigenvalue weighted by Crippen LogP contribution is 2.52. The molecule has 552 valence electrons. The van der Waals surface area contributed by atoms with Gasteiger partial charge in [-0.15, -0.1) is 0 Å². The van der Waals surface area contributed by atoms with Crippen LogP contribution in [0.4, 0.5) is 61.0 Å². The van der Waals surface area contributed by atoms with Gasteiger partial charge < -0.3 is 14.7 Å². The number of hydrogen-bond donors (Lipinski definition) is 0. The fraction of sp³-hybridized carbons (Fsp3) is 0.268. The number of halogens is 13. The summed E-state index contributed by atoms with van der Waals surface area (Å²) >= 11 is 18.0. The first-order valence-electron chi connectivity index (χ1n) is 34.8. The van der Waals surface area contributed by atoms with Gasteiger partial charge in [0.2, 0.25) is 0 Å². The van der Waals surface area contributed by atoms with Crippen LogP contribution in [0.1, 0.15) is 109 Å². The largest absolute Gasteiger partial charge is 0.416 e. The highest BCUT2D eigenvalue weighted by molar-refractivity contribution is 6.30. The van der Waals surface area contributed by atoms with Crippen molar-refractivity contribution >= 4 is 87.8 Å². The van der Waals surface area contributed by atoms with Gasteiger partial charge in [0.05, 0.1) is 5.56 Å². The maximum atomic E-state index is 14.3. The van der Waals surface area contributed by atoms with Crippen molar-refractivity contribution in [3.8, 4) is 0 Å². The van der Waals surface area contributed by atoms with Gasteiger partial charge in [-0.25, -0.2) is 45.7 Å². The number of piperidine rings is 3. The summed E-state index contributed by atoms with van der Waals surface area (Å²) in [5, 5.41) is 0.657. The summed E-state index contributed by atoms with van der Waals surface area (Å²) in [4.78, 5) is 63.6. The van der Waals surface area contributed by atoms with Crippen molar-refractivity contribution in [2.75, 3.05) is 93.2 Å². The van der Waals surface area contributed by atoms with Crippen LogP contribution in [0, 0.1) is 40.7 Å². The number of rotatable bonds is 12. The lowest BCUT2D eigenvalue weighted by Gasteiger charge is -2.39. The molecule has 6 aromatic carbocycles. The Balaban J connectivity index is 0.000000142. The molecule has 9 aromatic rings. The van der Waals surface area contributed by atoms with Crippen LogP contribution in [0.15, 0.2) is 188 Å². The first kappa shape index (κ1) is 75.7. The molecule has 0 aliphatic carbocycles. The number of hydrogen-bond acceptors (Lipinski definition) is 9. The predicted octanol–water partition coefficient (Wildman–Crippen LogP) is 18.3. The Morgan fingerprint density at radius 1 is 0.374 bits per heavy atom. The lowest BCUT2D eigenvalue weighted by atomic mass is 9.74. The normalized spacial score (nSPS) is 17.4. The van der Waals surface area contributed by atoms with Gasteiger partial charge in [0, 0.05) is 120 Å². The summed E-state index contributed by atoms with van der Waals surface area (Å²) < 4.78 is 136. The molecule has 0 atom stereocenters. The summed E-state index contributed by atoms with van der Waals surface area (Å²) in [6, 6.07) is 35.4. The van der Waals surface area contributed by atoms with Crippen LogP contribution in [0.25, 0.3) is 18.2 Å². The fourth-order valence-corrected chi connectivity index (χ4v) is 16.0. The van der Waals surface area contributed by atoms with Crippen LogP contribution in [0.5, 0.6) is 0 Å². The zero-order valence-electron chi connectivity index (χ0n) is 57.5. The molecule has 3 amide bonds. The maximum Gasteiger partial charge on any atom is 0.416 e. The molecular weight excluding hydrogens is 1460 g/mol. The molecule has 3 fully saturated rings. The lowest BCUT2D eigenvalue weighted by Crippen LogP contribution is -2.46. The van der Waals surface area contributed by atoms with E-state index in [0.29, 0.717) is 91.2 Å². The molecule has 6 aliphatic heterocycles. The average molecular weight is 1530 g/mol. The van der Waals surface area contributed by atoms with Gasteiger partial charge in [-0.1, -0.05) is 83.4 Å². The van der Waals surface area contributed by atoms with Crippen molar-refractivity contribution in [1.29, 1.82) is 0 Å². The molecule has 12 nitrogen and oxygen atoms in total. The van der Waals surface area contributed by atoms with Crippen molar-refractivity contribution < 1.29 is 58.3 Å². The fourth-order valence-electron chi connectivity index (χ4n) is 15.5. The van der Waals surface area contributed by atoms with Gasteiger partial charge in [-0.2, -0.15) is 13.2 Å². The maximum absolute atomic E-state index is 14.3. The molecule has 0 radical (unpaired) electrons. The van der Waals surface area contributed by atoms with E-state index >= 15 is 0 Å². The highest BCUT2D eigenvalue weighted by Gasteiger charge is 2.50. The van der Waals surface area contributed by atoms with Gasteiger partial charge in [-0.05, 0) is 239 Å². The standard InChI is InChI=1S/C28H23ClF5N3O.C27H23ClF3N3O.C27H24ClF2N3O/c29-25-14-19(5-8-35-25)26(38)37-17-27(23-15-20(28(32,33)34)3-4-24(23)37)6-10-36(11-7-27)9-1-2-18-12-21(30)16-22(31)13-18;28-25-14-19(5-8-32-25)26(35)34-17-27(23-16-20(29)3-4-24(23)34)6-10-33(11-7-27)9-1-2-18-12-21(30)15-22(31)13-18;28-25-16-20(8-11-31-25)26(34)33-18-27(23-17-22(30)6-7-24(23)33)9-13-32(14-10-27)12-2-4-19-3-1-5-21(29)15-19/h1-5,8,12-16H,6-7,9-11,17H2;1-5,8,12-16H,6-7,9-11,17H2;1-8,11,15-17H,9-10,12-14,18H2/b2*2-1+;4-2+. The van der Waals surface area contributed by atoms with E-state index in [4.69, 9.17) is 34.8 Å². The number of pyridine rings is 3. The van der Waals surface area contributed by atoms with Crippen LogP contribution in [0.2, 0.25) is 15.5 Å². The third kappa shape index (κ3) is 17.4. The Bertz CT molecular complexity index is 4880. The molecule has 107 heavy (non-hydrogen) atoms. The zero-order chi connectivity index (χ0) is 75.4. The van der Waals surface area contributed by atoms with Crippen molar-refractivity contribution in [3.05, 3.63) is 300 Å². The smallest absolute Gasteiger partial charge is 0.307 e. The molecule has 25 heteroatoms. The van der Waals surface area contributed by atoms with Crippen LogP contribution in [-0.2, 0) is 22.4 Å². The van der Waals surface area contributed by atoms with E-state index in [-0.39, 0.29) is 68.0 Å². The SMILES string of the molecule is O=C(c1ccnc(Cl)c1)N1CC2(CCN(C/C=C/c3cc(F)cc(F)c3)CC2)c2cc(C(F)(F)F)ccc21.O=C(c1ccnc(Cl)c1)N1CC2(CCN(C/C=C/c3cc(F)cc(F)c3)CC2)c2cc(F)ccc21.O=C(c1ccnc(Cl)c1)N1CC2(CCN(C/C=C/c3cccc(F)c3)CC2)c2cc(F)ccc21. The minimum absolute atomic E-state index is 0.153. The second-order valence-electron chi connectivity index (χ2n) is 27.7. The molecule has 0 bridgehead atoms. The number of nitrogens with zero attached hydrogens (tertiary/aromatic N) is 9. The summed E-state index contributed by atoms with van der Waals surface area (Å²) in [6.45, 7) is 7.45. The number of aromatic nitrogens is 3. The van der Waals surface area contributed by atoms with Crippen molar-refractivity contribution in [2.45, 2.75) is 60.9 Å². The number of amides is 3. The van der Waals surface area contributed by atoms with Crippen LogP contribution in [-0.4, -0.2) is 126 Å². The van der Waals surface area contributed by atoms with E-state index in [1.165, 1.54) is 102 Å². The Kier molecular flexibility index (Phi) is 22.7. The first-order valence-corrected chi connectivity index (χ1v) is 35.9. The molecule has 0 unspecified atom stereocenters. The van der Waals surface area contributed by atoms with E-state index < -0.39 is 40.4 Å². The Labute approximate surface area is 626 Å². The molecule has 3 saturated heterocycles. The molecule has 15 rings (SSSR count). The van der Waals surface area contributed by atoms with E-state index in [2.05, 4.69) is 29.7 Å². The number of carbonyl (C=O) groups is 3. The number of fused-ring (bicyclic) bond motifs is 6. The van der Waals surface area contributed by atoms with E-state index in [0.717, 1.165) is 105 Å². The highest BCUT2D eigenvalue weighted by atomic mass is 35.5. The molecule has 6 aliphatic rings. The number of alkyl halides is 3. The Morgan fingerprint density at radius 2 is 0.692 bits per heavy atom. The monoisotopic (exact) mass is 1520 g/mol. The van der Waals surface area contributed by atoms with E-state index in [1.54, 1.807) is 76.6 Å². The third-order valence-corrected chi connectivity index (χ3v) is 21.6. The van der Waals surface area contributed by atoms with Gasteiger partial charge in [0.15, 0.2) is 0 Å². The quantitative estimate of drug-likeness (QED) is 0.0872. The molecule has 9 heterocycles. The summed E-state index contributed by atoms with van der Waals surface area (Å²) in [6.07, 6.45) is 15.2. The third-order valence-electron chi connectivity index (χ3n) is 20.9. The van der Waals surface area contributed by atoms with E-state index in [1.807, 2.05) is 24.3 Å². The van der Waals surface area contributed by atoms with Crippen LogP contribution >= 0.6 is 34.8 Å². The Morgan fingerprint density at radius 3 is 1.03 bits per heavy atom. The summed E-state index contributed by atoms with van der Waals surface area (Å²) in [5.74, 6) is -4.08. The molecule has 0 saturated carbocycles. The molecule has 3 aromatic heterocycles. The van der Waals surface area contributed by atoms with Crippen molar-refractivity contribution in [2.24, 2.45) is 0 Å². The number of carbonyl (C=O) groups excluding carboxylic acids is 3. The summed E-state index contributed by atoms with van der Waals surface area (Å²) in [5.41, 5.74) is 5.17. The van der Waals surface area contributed by atoms with E-state index in [9.17, 15) is 58.3 Å². The van der Waals surface area contributed by atoms with Crippen LogP contribution in [0.3, 0.4) is 0 Å². The van der Waals surface area contributed by atoms with Crippen molar-refractivity contribution in [3.63, 3.8) is 0 Å². The van der Waals surface area contributed by atoms with Gasteiger partial charge in [0.1, 0.15) is 56.2 Å². The minimum Gasteiger partial charge on any atom is -0.307 e. The number of benzene rings is 6. The zero-order valence-corrected chi connectivity index (χ0v) is 59.8. The Hall–Kier alpha value is -9.55. The second kappa shape index (κ2) is 32.1. The number of likely N-dealkylation sites (tertiary alicyclic amines) is 3. The topological polar surface area (TPSA) is 109 Å². The van der Waals surface area contributed by atoms with Crippen molar-refractivity contribution in [1.82, 2.24) is 29.7 Å². The molecular formula is C82H70Cl3F10N9O3. The van der Waals surface area contributed by atoms with Crippen LogP contribution < -0.4 is 14.7 Å². The molecule has 3 spiro atoms. The second-order valence-corrected chi connectivity index (χ2v) is 28.9. The first-order chi connectivity index (χ1) is 51.3. The van der Waals surface area contributed by atoms with Gasteiger partial charge >= 0.3 is 6.18 Å². The minimum atomic E-state index is -4.51. The van der Waals surface area contributed by atoms with Gasteiger partial charge in [0.25, 0.3) is 17.7 Å². The molecule has 0 N–H and O–H groups in total. The average Bonchev–Trinajstić information content (AvgIpc) is 1.59. The number of anilines is 3. The predicted molar refractivity (Wildman–Crippen MR) is 395 cm³/mol.